The van der Waals surface area contributed by atoms with Crippen molar-refractivity contribution in [1.29, 1.82) is 0 Å². The van der Waals surface area contributed by atoms with Gasteiger partial charge in [0.25, 0.3) is 0 Å². The molecule has 3 N–H and O–H groups in total. The maximum atomic E-state index is 6.11. The minimum atomic E-state index is -0.234. The zero-order valence-electron chi connectivity index (χ0n) is 11.9. The number of benzene rings is 1. The van der Waals surface area contributed by atoms with E-state index in [1.54, 1.807) is 0 Å². The van der Waals surface area contributed by atoms with Crippen LogP contribution in [-0.4, -0.2) is 13.1 Å². The Morgan fingerprint density at radius 1 is 1.06 bits per heavy atom. The largest absolute Gasteiger partial charge is 0.322 e. The van der Waals surface area contributed by atoms with Gasteiger partial charge in [-0.05, 0) is 63.6 Å². The molecule has 0 bridgehead atoms. The van der Waals surface area contributed by atoms with Gasteiger partial charge in [0, 0.05) is 11.6 Å². The number of hydrogen-bond donors (Lipinski definition) is 2. The maximum absolute atomic E-state index is 6.11. The predicted molar refractivity (Wildman–Crippen MR) is 77.7 cm³/mol. The molecule has 0 aliphatic heterocycles. The van der Waals surface area contributed by atoms with Gasteiger partial charge in [-0.1, -0.05) is 24.3 Å². The van der Waals surface area contributed by atoms with Crippen LogP contribution in [0, 0.1) is 0 Å². The molecule has 0 atom stereocenters. The maximum Gasteiger partial charge on any atom is 0.0352 e. The Hall–Kier alpha value is -0.860. The van der Waals surface area contributed by atoms with Crippen LogP contribution >= 0.6 is 0 Å². The number of rotatable bonds is 3. The summed E-state index contributed by atoms with van der Waals surface area (Å²) in [6, 6.07) is 9.66. The van der Waals surface area contributed by atoms with E-state index in [0.29, 0.717) is 0 Å². The third-order valence-corrected chi connectivity index (χ3v) is 4.26. The van der Waals surface area contributed by atoms with Crippen molar-refractivity contribution in [2.24, 2.45) is 5.73 Å². The van der Waals surface area contributed by atoms with Crippen molar-refractivity contribution >= 4 is 0 Å². The first kappa shape index (κ1) is 13.6. The number of nitrogens with two attached hydrogens (primary N) is 1. The highest BCUT2D eigenvalue weighted by atomic mass is 14.9. The normalized spacial score (nSPS) is 25.1. The van der Waals surface area contributed by atoms with Crippen molar-refractivity contribution in [3.8, 4) is 0 Å². The van der Waals surface area contributed by atoms with Gasteiger partial charge in [-0.3, -0.25) is 0 Å². The number of hydrogen-bond acceptors (Lipinski definition) is 2. The summed E-state index contributed by atoms with van der Waals surface area (Å²) in [6.07, 6.45) is 5.20. The van der Waals surface area contributed by atoms with Crippen molar-refractivity contribution in [3.05, 3.63) is 35.4 Å². The molecule has 18 heavy (non-hydrogen) atoms. The minimum absolute atomic E-state index is 0.234. The van der Waals surface area contributed by atoms with E-state index < -0.39 is 0 Å². The first-order valence-corrected chi connectivity index (χ1v) is 7.07. The van der Waals surface area contributed by atoms with Crippen molar-refractivity contribution < 1.29 is 0 Å². The molecule has 1 fully saturated rings. The second kappa shape index (κ2) is 5.41. The van der Waals surface area contributed by atoms with Crippen molar-refractivity contribution in [2.45, 2.75) is 57.0 Å². The highest BCUT2D eigenvalue weighted by Gasteiger charge is 2.21. The second-order valence-electron chi connectivity index (χ2n) is 6.18. The molecule has 1 saturated carbocycles. The molecular formula is C16H26N2. The van der Waals surface area contributed by atoms with Crippen LogP contribution in [0.2, 0.25) is 0 Å². The molecule has 2 nitrogen and oxygen atoms in total. The van der Waals surface area contributed by atoms with E-state index in [0.717, 1.165) is 12.0 Å². The van der Waals surface area contributed by atoms with Gasteiger partial charge in [-0.2, -0.15) is 0 Å². The van der Waals surface area contributed by atoms with Gasteiger partial charge in [0.05, 0.1) is 0 Å². The summed E-state index contributed by atoms with van der Waals surface area (Å²) >= 11 is 0. The molecule has 1 aromatic rings. The van der Waals surface area contributed by atoms with Crippen LogP contribution < -0.4 is 11.1 Å². The van der Waals surface area contributed by atoms with E-state index in [1.807, 2.05) is 0 Å². The number of nitrogens with one attached hydrogen (secondary N) is 1. The molecule has 0 aromatic heterocycles. The summed E-state index contributed by atoms with van der Waals surface area (Å²) in [5.41, 5.74) is 8.58. The molecule has 2 heteroatoms. The van der Waals surface area contributed by atoms with Gasteiger partial charge in [-0.15, -0.1) is 0 Å². The van der Waals surface area contributed by atoms with Crippen LogP contribution in [0.3, 0.4) is 0 Å². The second-order valence-corrected chi connectivity index (χ2v) is 6.18. The van der Waals surface area contributed by atoms with Gasteiger partial charge in [0.15, 0.2) is 0 Å². The van der Waals surface area contributed by atoms with Gasteiger partial charge in [-0.25, -0.2) is 0 Å². The van der Waals surface area contributed by atoms with Gasteiger partial charge >= 0.3 is 0 Å². The quantitative estimate of drug-likeness (QED) is 0.860. The molecule has 0 saturated heterocycles. The lowest BCUT2D eigenvalue weighted by molar-refractivity contribution is 0.358. The first-order valence-electron chi connectivity index (χ1n) is 7.07. The summed E-state index contributed by atoms with van der Waals surface area (Å²) < 4.78 is 0. The molecule has 1 aliphatic rings. The highest BCUT2D eigenvalue weighted by Crippen LogP contribution is 2.33. The molecule has 0 heterocycles. The van der Waals surface area contributed by atoms with Crippen molar-refractivity contribution in [3.63, 3.8) is 0 Å². The summed E-state index contributed by atoms with van der Waals surface area (Å²) in [5.74, 6) is 0.740. The SMILES string of the molecule is CNC1CCC(c2ccc(C(C)(C)N)cc2)CC1. The zero-order chi connectivity index (χ0) is 13.2. The standard InChI is InChI=1S/C16H26N2/c1-16(2,17)14-8-4-12(5-9-14)13-6-10-15(18-3)11-7-13/h4-5,8-9,13,15,18H,6-7,10-11,17H2,1-3H3. The van der Waals surface area contributed by atoms with Crippen molar-refractivity contribution in [2.75, 3.05) is 7.05 Å². The molecular weight excluding hydrogens is 220 g/mol. The van der Waals surface area contributed by atoms with E-state index in [9.17, 15) is 0 Å². The van der Waals surface area contributed by atoms with E-state index in [-0.39, 0.29) is 5.54 Å². The average molecular weight is 246 g/mol. The Balaban J connectivity index is 2.02. The van der Waals surface area contributed by atoms with Crippen LogP contribution in [0.4, 0.5) is 0 Å². The topological polar surface area (TPSA) is 38.0 Å². The highest BCUT2D eigenvalue weighted by molar-refractivity contribution is 5.29. The molecule has 1 aliphatic carbocycles. The summed E-state index contributed by atoms with van der Waals surface area (Å²) in [5, 5.41) is 3.39. The monoisotopic (exact) mass is 246 g/mol. The Labute approximate surface area is 111 Å². The lowest BCUT2D eigenvalue weighted by Gasteiger charge is -2.29. The molecule has 0 amide bonds. The lowest BCUT2D eigenvalue weighted by atomic mass is 9.81. The van der Waals surface area contributed by atoms with Crippen LogP contribution in [0.25, 0.3) is 0 Å². The Morgan fingerprint density at radius 2 is 1.61 bits per heavy atom. The molecule has 0 radical (unpaired) electrons. The first-order chi connectivity index (χ1) is 8.50. The fourth-order valence-corrected chi connectivity index (χ4v) is 2.90. The van der Waals surface area contributed by atoms with E-state index in [1.165, 1.54) is 36.8 Å². The smallest absolute Gasteiger partial charge is 0.0352 e. The summed E-state index contributed by atoms with van der Waals surface area (Å²) in [4.78, 5) is 0. The van der Waals surface area contributed by atoms with E-state index >= 15 is 0 Å². The molecule has 2 rings (SSSR count). The molecule has 0 unspecified atom stereocenters. The van der Waals surface area contributed by atoms with Crippen LogP contribution in [0.5, 0.6) is 0 Å². The van der Waals surface area contributed by atoms with Gasteiger partial charge in [0.1, 0.15) is 0 Å². The fraction of sp³-hybridized carbons (Fsp3) is 0.625. The van der Waals surface area contributed by atoms with E-state index in [2.05, 4.69) is 50.5 Å². The van der Waals surface area contributed by atoms with Crippen LogP contribution in [0.15, 0.2) is 24.3 Å². The third-order valence-electron chi connectivity index (χ3n) is 4.26. The molecule has 1 aromatic carbocycles. The molecule has 100 valence electrons. The summed E-state index contributed by atoms with van der Waals surface area (Å²) in [7, 11) is 2.07. The Bertz CT molecular complexity index is 367. The van der Waals surface area contributed by atoms with Crippen LogP contribution in [0.1, 0.15) is 56.6 Å². The van der Waals surface area contributed by atoms with Crippen molar-refractivity contribution in [1.82, 2.24) is 5.32 Å². The van der Waals surface area contributed by atoms with Gasteiger partial charge < -0.3 is 11.1 Å². The molecule has 0 spiro atoms. The zero-order valence-corrected chi connectivity index (χ0v) is 11.9. The van der Waals surface area contributed by atoms with Gasteiger partial charge in [0.2, 0.25) is 0 Å². The lowest BCUT2D eigenvalue weighted by Crippen LogP contribution is -2.30. The summed E-state index contributed by atoms with van der Waals surface area (Å²) in [6.45, 7) is 4.11. The average Bonchev–Trinajstić information content (AvgIpc) is 2.38. The van der Waals surface area contributed by atoms with Crippen LogP contribution in [-0.2, 0) is 5.54 Å². The predicted octanol–water partition coefficient (Wildman–Crippen LogP) is 3.13. The fourth-order valence-electron chi connectivity index (χ4n) is 2.90. The Kier molecular flexibility index (Phi) is 4.08. The minimum Gasteiger partial charge on any atom is -0.322 e. The third kappa shape index (κ3) is 3.12. The van der Waals surface area contributed by atoms with E-state index in [4.69, 9.17) is 5.73 Å². The Morgan fingerprint density at radius 3 is 2.06 bits per heavy atom.